The fourth-order valence-electron chi connectivity index (χ4n) is 3.94. The first-order valence-electron chi connectivity index (χ1n) is 9.33. The van der Waals surface area contributed by atoms with E-state index < -0.39 is 10.2 Å². The zero-order chi connectivity index (χ0) is 18.1. The average molecular weight is 375 g/mol. The maximum absolute atomic E-state index is 12.9. The van der Waals surface area contributed by atoms with Gasteiger partial charge in [0.1, 0.15) is 0 Å². The van der Waals surface area contributed by atoms with Gasteiger partial charge in [0.25, 0.3) is 10.2 Å². The monoisotopic (exact) mass is 375 g/mol. The average Bonchev–Trinajstić information content (AvgIpc) is 2.64. The van der Waals surface area contributed by atoms with Gasteiger partial charge in [-0.05, 0) is 49.3 Å². The fraction of sp³-hybridized carbons (Fsp3) is 0.526. The van der Waals surface area contributed by atoms with Crippen LogP contribution in [0.1, 0.15) is 43.7 Å². The zero-order valence-electron chi connectivity index (χ0n) is 14.7. The Bertz CT molecular complexity index is 874. The highest BCUT2D eigenvalue weighted by Gasteiger charge is 2.38. The second-order valence-electron chi connectivity index (χ2n) is 7.41. The number of para-hydroxylation sites is 1. The molecule has 1 atom stereocenters. The molecule has 6 nitrogen and oxygen atoms in total. The summed E-state index contributed by atoms with van der Waals surface area (Å²) in [5.74, 6) is 0.0903. The third-order valence-electron chi connectivity index (χ3n) is 5.52. The minimum absolute atomic E-state index is 0.0903. The van der Waals surface area contributed by atoms with E-state index in [2.05, 4.69) is 9.71 Å². The summed E-state index contributed by atoms with van der Waals surface area (Å²) >= 11 is 0. The molecule has 140 valence electrons. The van der Waals surface area contributed by atoms with Gasteiger partial charge in [0, 0.05) is 24.7 Å². The Hall–Kier alpha value is -1.54. The number of fused-ring (bicyclic) bond motifs is 1. The Balaban J connectivity index is 1.63. The number of aromatic nitrogens is 1. The molecule has 1 aromatic carbocycles. The molecule has 1 aliphatic carbocycles. The van der Waals surface area contributed by atoms with Crippen molar-refractivity contribution in [1.29, 1.82) is 0 Å². The van der Waals surface area contributed by atoms with Gasteiger partial charge in [-0.15, -0.1) is 0 Å². The number of rotatable bonds is 5. The lowest BCUT2D eigenvalue weighted by Gasteiger charge is -2.39. The van der Waals surface area contributed by atoms with E-state index in [1.165, 1.54) is 0 Å². The van der Waals surface area contributed by atoms with Crippen LogP contribution in [0.4, 0.5) is 0 Å². The van der Waals surface area contributed by atoms with Crippen molar-refractivity contribution in [1.82, 2.24) is 14.0 Å². The van der Waals surface area contributed by atoms with E-state index in [1.54, 1.807) is 10.5 Å². The second kappa shape index (κ2) is 7.23. The van der Waals surface area contributed by atoms with E-state index in [0.29, 0.717) is 25.9 Å². The predicted molar refractivity (Wildman–Crippen MR) is 101 cm³/mol. The minimum Gasteiger partial charge on any atom is -0.393 e. The molecule has 26 heavy (non-hydrogen) atoms. The van der Waals surface area contributed by atoms with Gasteiger partial charge in [0.15, 0.2) is 0 Å². The first kappa shape index (κ1) is 17.9. The Morgan fingerprint density at radius 2 is 1.88 bits per heavy atom. The van der Waals surface area contributed by atoms with Crippen LogP contribution in [0.25, 0.3) is 10.9 Å². The molecule has 1 unspecified atom stereocenters. The topological polar surface area (TPSA) is 82.5 Å². The van der Waals surface area contributed by atoms with E-state index >= 15 is 0 Å². The molecule has 4 rings (SSSR count). The van der Waals surface area contributed by atoms with Gasteiger partial charge in [-0.25, -0.2) is 0 Å². The highest BCUT2D eigenvalue weighted by Crippen LogP contribution is 2.39. The SMILES string of the molecule is O=S(=O)(NC(c1cnc2ccccc2c1)C1CC(O)C1)N1CCCCC1. The normalized spacial score (nSPS) is 25.7. The first-order valence-corrected chi connectivity index (χ1v) is 10.8. The van der Waals surface area contributed by atoms with Gasteiger partial charge in [-0.3, -0.25) is 4.98 Å². The molecule has 1 saturated carbocycles. The van der Waals surface area contributed by atoms with Crippen LogP contribution in [0.2, 0.25) is 0 Å². The Morgan fingerprint density at radius 1 is 1.15 bits per heavy atom. The van der Waals surface area contributed by atoms with Crippen LogP contribution >= 0.6 is 0 Å². The van der Waals surface area contributed by atoms with Crippen LogP contribution in [0.15, 0.2) is 36.5 Å². The molecule has 2 N–H and O–H groups in total. The number of hydrogen-bond acceptors (Lipinski definition) is 4. The number of aliphatic hydroxyl groups excluding tert-OH is 1. The smallest absolute Gasteiger partial charge is 0.280 e. The van der Waals surface area contributed by atoms with E-state index in [9.17, 15) is 13.5 Å². The maximum atomic E-state index is 12.9. The highest BCUT2D eigenvalue weighted by molar-refractivity contribution is 7.87. The number of hydrogen-bond donors (Lipinski definition) is 2. The minimum atomic E-state index is -3.55. The Kier molecular flexibility index (Phi) is 4.96. The van der Waals surface area contributed by atoms with Crippen LogP contribution in [-0.4, -0.2) is 42.0 Å². The Morgan fingerprint density at radius 3 is 2.62 bits per heavy atom. The molecular formula is C19H25N3O3S. The number of piperidine rings is 1. The summed E-state index contributed by atoms with van der Waals surface area (Å²) in [5.41, 5.74) is 1.75. The Labute approximate surface area is 154 Å². The molecule has 2 aliphatic rings. The number of nitrogens with one attached hydrogen (secondary N) is 1. The van der Waals surface area contributed by atoms with Crippen molar-refractivity contribution in [2.45, 2.75) is 44.2 Å². The lowest BCUT2D eigenvalue weighted by molar-refractivity contribution is 0.0276. The molecule has 1 saturated heterocycles. The number of nitrogens with zero attached hydrogens (tertiary/aromatic N) is 2. The summed E-state index contributed by atoms with van der Waals surface area (Å²) in [6.07, 6.45) is 5.54. The van der Waals surface area contributed by atoms with Crippen molar-refractivity contribution in [2.24, 2.45) is 5.92 Å². The van der Waals surface area contributed by atoms with Crippen molar-refractivity contribution >= 4 is 21.1 Å². The third-order valence-corrected chi connectivity index (χ3v) is 7.12. The second-order valence-corrected chi connectivity index (χ2v) is 9.11. The number of aliphatic hydroxyl groups is 1. The van der Waals surface area contributed by atoms with Gasteiger partial charge in [0.2, 0.25) is 0 Å². The van der Waals surface area contributed by atoms with Gasteiger partial charge >= 0.3 is 0 Å². The molecule has 2 fully saturated rings. The van der Waals surface area contributed by atoms with Gasteiger partial charge in [-0.1, -0.05) is 24.6 Å². The van der Waals surface area contributed by atoms with E-state index in [4.69, 9.17) is 0 Å². The highest BCUT2D eigenvalue weighted by atomic mass is 32.2. The molecule has 0 radical (unpaired) electrons. The van der Waals surface area contributed by atoms with E-state index in [-0.39, 0.29) is 18.1 Å². The van der Waals surface area contributed by atoms with Crippen molar-refractivity contribution in [3.63, 3.8) is 0 Å². The standard InChI is InChI=1S/C19H25N3O3S/c23-17-11-15(12-17)19(21-26(24,25)22-8-4-1-5-9-22)16-10-14-6-2-3-7-18(14)20-13-16/h2-3,6-7,10,13,15,17,19,21,23H,1,4-5,8-9,11-12H2. The molecule has 0 bridgehead atoms. The van der Waals surface area contributed by atoms with Crippen LogP contribution < -0.4 is 4.72 Å². The molecular weight excluding hydrogens is 350 g/mol. The van der Waals surface area contributed by atoms with Crippen LogP contribution in [0.5, 0.6) is 0 Å². The molecule has 7 heteroatoms. The van der Waals surface area contributed by atoms with Crippen LogP contribution in [0.3, 0.4) is 0 Å². The third kappa shape index (κ3) is 3.62. The van der Waals surface area contributed by atoms with Gasteiger partial charge in [0.05, 0.1) is 17.7 Å². The maximum Gasteiger partial charge on any atom is 0.280 e. The molecule has 2 aromatic rings. The predicted octanol–water partition coefficient (Wildman–Crippen LogP) is 2.37. The molecule has 2 heterocycles. The lowest BCUT2D eigenvalue weighted by atomic mass is 9.75. The summed E-state index contributed by atoms with van der Waals surface area (Å²) in [5, 5.41) is 10.7. The van der Waals surface area contributed by atoms with E-state index in [1.807, 2.05) is 30.3 Å². The molecule has 0 amide bonds. The van der Waals surface area contributed by atoms with Crippen LogP contribution in [0, 0.1) is 5.92 Å². The van der Waals surface area contributed by atoms with E-state index in [0.717, 1.165) is 35.7 Å². The molecule has 0 spiro atoms. The van der Waals surface area contributed by atoms with Crippen LogP contribution in [-0.2, 0) is 10.2 Å². The summed E-state index contributed by atoms with van der Waals surface area (Å²) in [7, 11) is -3.55. The first-order chi connectivity index (χ1) is 12.5. The van der Waals surface area contributed by atoms with Crippen molar-refractivity contribution in [2.75, 3.05) is 13.1 Å². The lowest BCUT2D eigenvalue weighted by Crippen LogP contribution is -2.48. The summed E-state index contributed by atoms with van der Waals surface area (Å²) in [6, 6.07) is 9.47. The number of pyridine rings is 1. The van der Waals surface area contributed by atoms with Crippen molar-refractivity contribution in [3.05, 3.63) is 42.1 Å². The molecule has 1 aromatic heterocycles. The van der Waals surface area contributed by atoms with Gasteiger partial charge in [-0.2, -0.15) is 17.4 Å². The quantitative estimate of drug-likeness (QED) is 0.840. The van der Waals surface area contributed by atoms with Crippen molar-refractivity contribution in [3.8, 4) is 0 Å². The van der Waals surface area contributed by atoms with Gasteiger partial charge < -0.3 is 5.11 Å². The molecule has 1 aliphatic heterocycles. The fourth-order valence-corrected chi connectivity index (χ4v) is 5.47. The number of benzene rings is 1. The largest absolute Gasteiger partial charge is 0.393 e. The zero-order valence-corrected chi connectivity index (χ0v) is 15.5. The summed E-state index contributed by atoms with van der Waals surface area (Å²) < 4.78 is 30.2. The van der Waals surface area contributed by atoms with Crippen molar-refractivity contribution < 1.29 is 13.5 Å². The summed E-state index contributed by atoms with van der Waals surface area (Å²) in [4.78, 5) is 4.49. The summed E-state index contributed by atoms with van der Waals surface area (Å²) in [6.45, 7) is 1.15.